The third kappa shape index (κ3) is 13.4. The summed E-state index contributed by atoms with van der Waals surface area (Å²) in [5.41, 5.74) is 7.97. The van der Waals surface area contributed by atoms with E-state index in [0.29, 0.717) is 4.32 Å². The normalized spacial score (nSPS) is 7.47. The summed E-state index contributed by atoms with van der Waals surface area (Å²) in [6.07, 6.45) is 0. The van der Waals surface area contributed by atoms with Crippen LogP contribution in [0.5, 0.6) is 0 Å². The van der Waals surface area contributed by atoms with Crippen LogP contribution in [0.2, 0.25) is 0 Å². The van der Waals surface area contributed by atoms with Gasteiger partial charge in [-0.1, -0.05) is 36.1 Å². The van der Waals surface area contributed by atoms with Crippen molar-refractivity contribution in [1.82, 2.24) is 0 Å². The SMILES string of the molecule is Cc1cccc(SC(N)=S)c1C.O=C[O-].O=C[O-].[Mg+2]. The van der Waals surface area contributed by atoms with Gasteiger partial charge in [-0.15, -0.1) is 0 Å². The first-order valence-corrected chi connectivity index (χ1v) is 5.81. The second-order valence-electron chi connectivity index (χ2n) is 2.81. The third-order valence-electron chi connectivity index (χ3n) is 1.77. The molecule has 0 unspecified atom stereocenters. The van der Waals surface area contributed by atoms with E-state index in [4.69, 9.17) is 37.8 Å². The molecule has 0 radical (unpaired) electrons. The van der Waals surface area contributed by atoms with Crippen molar-refractivity contribution in [3.05, 3.63) is 29.3 Å². The minimum atomic E-state index is -0.500. The Morgan fingerprint density at radius 1 is 1.26 bits per heavy atom. The van der Waals surface area contributed by atoms with Crippen molar-refractivity contribution in [3.8, 4) is 0 Å². The maximum Gasteiger partial charge on any atom is 2.00 e. The Labute approximate surface area is 137 Å². The molecular weight excluding hydrogens is 299 g/mol. The van der Waals surface area contributed by atoms with Gasteiger partial charge in [0, 0.05) is 17.8 Å². The molecule has 0 fully saturated rings. The molecule has 19 heavy (non-hydrogen) atoms. The first-order chi connectivity index (χ1) is 8.44. The topological polar surface area (TPSA) is 106 Å². The monoisotopic (exact) mass is 311 g/mol. The molecule has 1 rings (SSSR count). The van der Waals surface area contributed by atoms with Crippen LogP contribution in [0.3, 0.4) is 0 Å². The summed E-state index contributed by atoms with van der Waals surface area (Å²) in [7, 11) is 0. The minimum absolute atomic E-state index is 0. The second-order valence-corrected chi connectivity index (χ2v) is 4.59. The van der Waals surface area contributed by atoms with Gasteiger partial charge in [-0.3, -0.25) is 0 Å². The van der Waals surface area contributed by atoms with Crippen LogP contribution < -0.4 is 15.9 Å². The van der Waals surface area contributed by atoms with Crippen molar-refractivity contribution in [2.24, 2.45) is 5.73 Å². The Hall–Kier alpha value is -0.834. The smallest absolute Gasteiger partial charge is 0.554 e. The maximum atomic E-state index is 8.25. The average molecular weight is 312 g/mol. The largest absolute Gasteiger partial charge is 2.00 e. The quantitative estimate of drug-likeness (QED) is 0.306. The fraction of sp³-hybridized carbons (Fsp3) is 0.182. The van der Waals surface area contributed by atoms with E-state index in [2.05, 4.69) is 19.9 Å². The number of nitrogens with two attached hydrogens (primary N) is 1. The predicted octanol–water partition coefficient (Wildman–Crippen LogP) is -1.01. The molecule has 0 amide bonds. The van der Waals surface area contributed by atoms with Crippen molar-refractivity contribution < 1.29 is 19.8 Å². The van der Waals surface area contributed by atoms with Crippen LogP contribution >= 0.6 is 24.0 Å². The molecule has 0 saturated carbocycles. The Morgan fingerprint density at radius 3 is 2.05 bits per heavy atom. The molecule has 2 N–H and O–H groups in total. The molecule has 0 aromatic heterocycles. The number of thiocarbonyl (C=S) groups is 1. The number of benzene rings is 1. The fourth-order valence-corrected chi connectivity index (χ4v) is 1.89. The Morgan fingerprint density at radius 2 is 1.68 bits per heavy atom. The van der Waals surface area contributed by atoms with Crippen molar-refractivity contribution >= 4 is 64.3 Å². The first-order valence-electron chi connectivity index (χ1n) is 4.59. The number of carbonyl (C=O) groups excluding carboxylic acids is 2. The standard InChI is InChI=1S/C9H11NS2.2CH2O2.Mg/c1-6-4-3-5-8(7(6)2)12-9(10)11;2*2-1-3;/h3-5H,1-2H3,(H2,10,11);2*1H,(H,2,3);/q;;;+2/p-2. The molecule has 0 aliphatic rings. The van der Waals surface area contributed by atoms with E-state index in [0.717, 1.165) is 4.90 Å². The van der Waals surface area contributed by atoms with E-state index in [1.165, 1.54) is 22.9 Å². The molecule has 0 heterocycles. The van der Waals surface area contributed by atoms with E-state index < -0.39 is 12.9 Å². The van der Waals surface area contributed by atoms with Crippen LogP contribution in [0.1, 0.15) is 11.1 Å². The Kier molecular flexibility index (Phi) is 18.6. The van der Waals surface area contributed by atoms with Gasteiger partial charge in [0.05, 0.1) is 0 Å². The summed E-state index contributed by atoms with van der Waals surface area (Å²) in [5, 5.41) is 16.5. The Balaban J connectivity index is -0.000000314. The van der Waals surface area contributed by atoms with E-state index >= 15 is 0 Å². The van der Waals surface area contributed by atoms with Gasteiger partial charge >= 0.3 is 23.1 Å². The summed E-state index contributed by atoms with van der Waals surface area (Å²) in [5.74, 6) is 0. The van der Waals surface area contributed by atoms with Crippen LogP contribution in [0.25, 0.3) is 0 Å². The number of hydrogen-bond donors (Lipinski definition) is 1. The van der Waals surface area contributed by atoms with E-state index in [9.17, 15) is 0 Å². The van der Waals surface area contributed by atoms with Gasteiger partial charge in [-0.2, -0.15) is 0 Å². The number of rotatable bonds is 1. The zero-order chi connectivity index (χ0) is 14.6. The van der Waals surface area contributed by atoms with Gasteiger partial charge in [0.1, 0.15) is 4.32 Å². The second kappa shape index (κ2) is 15.2. The molecule has 0 saturated heterocycles. The van der Waals surface area contributed by atoms with Gasteiger partial charge in [-0.25, -0.2) is 0 Å². The minimum Gasteiger partial charge on any atom is -0.554 e. The molecular formula is C11H13MgNO4S2. The number of carbonyl (C=O) groups is 2. The zero-order valence-electron chi connectivity index (χ0n) is 10.6. The molecule has 1 aromatic carbocycles. The van der Waals surface area contributed by atoms with Crippen molar-refractivity contribution in [1.29, 1.82) is 0 Å². The molecule has 1 aromatic rings. The van der Waals surface area contributed by atoms with Crippen LogP contribution in [0, 0.1) is 13.8 Å². The van der Waals surface area contributed by atoms with Crippen LogP contribution in [-0.4, -0.2) is 40.3 Å². The van der Waals surface area contributed by atoms with Crippen molar-refractivity contribution in [3.63, 3.8) is 0 Å². The van der Waals surface area contributed by atoms with Gasteiger partial charge in [0.15, 0.2) is 0 Å². The summed E-state index contributed by atoms with van der Waals surface area (Å²) >= 11 is 6.27. The molecule has 0 aliphatic carbocycles. The van der Waals surface area contributed by atoms with Crippen molar-refractivity contribution in [2.75, 3.05) is 0 Å². The predicted molar refractivity (Wildman–Crippen MR) is 76.4 cm³/mol. The zero-order valence-corrected chi connectivity index (χ0v) is 13.7. The van der Waals surface area contributed by atoms with Crippen molar-refractivity contribution in [2.45, 2.75) is 18.7 Å². The molecule has 0 bridgehead atoms. The van der Waals surface area contributed by atoms with E-state index in [-0.39, 0.29) is 23.1 Å². The van der Waals surface area contributed by atoms with Crippen LogP contribution in [0.15, 0.2) is 23.1 Å². The van der Waals surface area contributed by atoms with E-state index in [1.54, 1.807) is 0 Å². The number of aryl methyl sites for hydroxylation is 1. The van der Waals surface area contributed by atoms with Gasteiger partial charge in [0.2, 0.25) is 0 Å². The van der Waals surface area contributed by atoms with Crippen LogP contribution in [0.4, 0.5) is 0 Å². The first kappa shape index (κ1) is 23.3. The molecule has 0 aliphatic heterocycles. The summed E-state index contributed by atoms with van der Waals surface area (Å²) in [6.45, 7) is 3.16. The number of hydrogen-bond acceptors (Lipinski definition) is 6. The van der Waals surface area contributed by atoms with E-state index in [1.807, 2.05) is 12.1 Å². The summed E-state index contributed by atoms with van der Waals surface area (Å²) < 4.78 is 0.476. The number of carboxylic acid groups (broad SMARTS) is 2. The molecule has 8 heteroatoms. The third-order valence-corrected chi connectivity index (χ3v) is 2.88. The van der Waals surface area contributed by atoms with Gasteiger partial charge < -0.3 is 25.5 Å². The average Bonchev–Trinajstić information content (AvgIpc) is 2.26. The van der Waals surface area contributed by atoms with Gasteiger partial charge in [0.25, 0.3) is 0 Å². The fourth-order valence-electron chi connectivity index (χ4n) is 0.943. The van der Waals surface area contributed by atoms with Gasteiger partial charge in [-0.05, 0) is 31.0 Å². The molecule has 0 spiro atoms. The summed E-state index contributed by atoms with van der Waals surface area (Å²) in [6, 6.07) is 6.13. The maximum absolute atomic E-state index is 8.25. The summed E-state index contributed by atoms with van der Waals surface area (Å²) in [4.78, 5) is 17.7. The molecule has 100 valence electrons. The molecule has 0 atom stereocenters. The van der Waals surface area contributed by atoms with Crippen LogP contribution in [-0.2, 0) is 9.59 Å². The number of thioether (sulfide) groups is 1. The Bertz CT molecular complexity index is 396. The molecule has 5 nitrogen and oxygen atoms in total.